The minimum absolute atomic E-state index is 0.150. The lowest BCUT2D eigenvalue weighted by molar-refractivity contribution is -0.0500. The summed E-state index contributed by atoms with van der Waals surface area (Å²) < 4.78 is 8.54. The Morgan fingerprint density at radius 3 is 2.74 bits per heavy atom. The molecular weight excluding hydrogens is 390 g/mol. The van der Waals surface area contributed by atoms with E-state index in [2.05, 4.69) is 54.7 Å². The summed E-state index contributed by atoms with van der Waals surface area (Å²) >= 11 is 0. The molecule has 166 valence electrons. The van der Waals surface area contributed by atoms with Crippen LogP contribution in [0.4, 0.5) is 5.82 Å². The lowest BCUT2D eigenvalue weighted by Gasteiger charge is -2.35. The molecule has 4 fully saturated rings. The number of ether oxygens (including phenoxy) is 1. The number of piperidine rings is 1. The molecule has 6 rings (SSSR count). The molecule has 0 spiro atoms. The quantitative estimate of drug-likeness (QED) is 0.765. The van der Waals surface area contributed by atoms with E-state index in [4.69, 9.17) is 4.74 Å². The number of rotatable bonds is 5. The number of hydrogen-bond acceptors (Lipinski definition) is 7. The zero-order valence-corrected chi connectivity index (χ0v) is 18.3. The van der Waals surface area contributed by atoms with E-state index in [-0.39, 0.29) is 11.6 Å². The van der Waals surface area contributed by atoms with Gasteiger partial charge in [-0.3, -0.25) is 10.1 Å². The monoisotopic (exact) mass is 423 g/mol. The molecular formula is C23H33N7O. The highest BCUT2D eigenvalue weighted by atomic mass is 16.5. The van der Waals surface area contributed by atoms with Crippen molar-refractivity contribution >= 4 is 5.82 Å². The third-order valence-electron chi connectivity index (χ3n) is 7.79. The third kappa shape index (κ3) is 3.97. The number of hydrogen-bond donors (Lipinski definition) is 2. The zero-order chi connectivity index (χ0) is 20.8. The Morgan fingerprint density at radius 2 is 1.97 bits per heavy atom. The molecule has 0 radical (unpaired) electrons. The Morgan fingerprint density at radius 1 is 1.10 bits per heavy atom. The van der Waals surface area contributed by atoms with Gasteiger partial charge >= 0.3 is 0 Å². The number of hydrazine groups is 1. The predicted molar refractivity (Wildman–Crippen MR) is 117 cm³/mol. The smallest absolute Gasteiger partial charge is 0.132 e. The molecule has 0 amide bonds. The molecule has 4 aliphatic rings. The fourth-order valence-corrected chi connectivity index (χ4v) is 5.67. The van der Waals surface area contributed by atoms with Crippen molar-refractivity contribution in [3.63, 3.8) is 0 Å². The van der Waals surface area contributed by atoms with Crippen molar-refractivity contribution in [2.24, 2.45) is 5.92 Å². The fourth-order valence-electron chi connectivity index (χ4n) is 5.67. The van der Waals surface area contributed by atoms with Crippen LogP contribution in [0, 0.1) is 5.92 Å². The van der Waals surface area contributed by atoms with Crippen LogP contribution in [-0.2, 0) is 4.74 Å². The molecule has 31 heavy (non-hydrogen) atoms. The molecule has 0 aromatic carbocycles. The van der Waals surface area contributed by atoms with Crippen molar-refractivity contribution in [2.75, 3.05) is 18.0 Å². The molecule has 2 aromatic rings. The Labute approximate surface area is 183 Å². The molecule has 4 atom stereocenters. The zero-order valence-electron chi connectivity index (χ0n) is 18.3. The van der Waals surface area contributed by atoms with E-state index >= 15 is 0 Å². The van der Waals surface area contributed by atoms with Gasteiger partial charge in [0.05, 0.1) is 29.5 Å². The number of aromatic nitrogens is 4. The number of nitrogens with zero attached hydrogens (tertiary/aromatic N) is 5. The second-order valence-electron chi connectivity index (χ2n) is 10.0. The van der Waals surface area contributed by atoms with Gasteiger partial charge < -0.3 is 9.64 Å². The van der Waals surface area contributed by atoms with Gasteiger partial charge in [-0.15, -0.1) is 0 Å². The predicted octanol–water partition coefficient (Wildman–Crippen LogP) is 2.77. The first-order valence-electron chi connectivity index (χ1n) is 11.9. The largest absolute Gasteiger partial charge is 0.372 e. The van der Waals surface area contributed by atoms with Crippen LogP contribution < -0.4 is 15.8 Å². The van der Waals surface area contributed by atoms with Crippen molar-refractivity contribution in [3.05, 3.63) is 36.5 Å². The van der Waals surface area contributed by atoms with E-state index in [1.165, 1.54) is 12.8 Å². The molecule has 2 saturated carbocycles. The van der Waals surface area contributed by atoms with E-state index in [9.17, 15) is 0 Å². The Balaban J connectivity index is 1.13. The molecule has 2 aliphatic heterocycles. The van der Waals surface area contributed by atoms with Crippen molar-refractivity contribution in [1.29, 1.82) is 0 Å². The summed E-state index contributed by atoms with van der Waals surface area (Å²) in [7, 11) is 0. The topological polar surface area (TPSA) is 80.1 Å². The minimum Gasteiger partial charge on any atom is -0.372 e. The number of nitrogens with one attached hydrogen (secondary N) is 2. The molecule has 8 nitrogen and oxygen atoms in total. The normalized spacial score (nSPS) is 32.7. The van der Waals surface area contributed by atoms with E-state index < -0.39 is 0 Å². The summed E-state index contributed by atoms with van der Waals surface area (Å²) in [6.45, 7) is 4.25. The van der Waals surface area contributed by atoms with Gasteiger partial charge in [-0.2, -0.15) is 5.10 Å². The summed E-state index contributed by atoms with van der Waals surface area (Å²) in [6.07, 6.45) is 14.1. The van der Waals surface area contributed by atoms with E-state index in [1.54, 1.807) is 6.33 Å². The maximum atomic E-state index is 6.44. The molecule has 2 saturated heterocycles. The van der Waals surface area contributed by atoms with Gasteiger partial charge in [0.25, 0.3) is 0 Å². The average Bonchev–Trinajstić information content (AvgIpc) is 3.21. The van der Waals surface area contributed by atoms with Crippen LogP contribution >= 0.6 is 0 Å². The summed E-state index contributed by atoms with van der Waals surface area (Å²) in [4.78, 5) is 11.7. The molecule has 8 heteroatoms. The van der Waals surface area contributed by atoms with Gasteiger partial charge in [0.2, 0.25) is 0 Å². The summed E-state index contributed by atoms with van der Waals surface area (Å²) in [5.74, 6) is 1.55. The van der Waals surface area contributed by atoms with Crippen molar-refractivity contribution < 1.29 is 4.74 Å². The summed E-state index contributed by atoms with van der Waals surface area (Å²) in [6, 6.07) is 5.40. The summed E-state index contributed by atoms with van der Waals surface area (Å²) in [5, 5.41) is 4.42. The lowest BCUT2D eigenvalue weighted by Crippen LogP contribution is -2.38. The van der Waals surface area contributed by atoms with Gasteiger partial charge in [0, 0.05) is 43.5 Å². The van der Waals surface area contributed by atoms with E-state index in [1.807, 2.05) is 12.3 Å². The number of fused-ring (bicyclic) bond motifs is 1. The highest BCUT2D eigenvalue weighted by molar-refractivity contribution is 5.40. The molecule has 2 aromatic heterocycles. The Hall–Kier alpha value is -2.03. The third-order valence-corrected chi connectivity index (χ3v) is 7.79. The SMILES string of the molecule is CC1(OC2CCC3NNC(c4cc(N5CCC(n6cccn6)CC5)ncn4)C3C2)CC1. The highest BCUT2D eigenvalue weighted by Crippen LogP contribution is 2.45. The second kappa shape index (κ2) is 7.83. The van der Waals surface area contributed by atoms with Crippen LogP contribution in [0.5, 0.6) is 0 Å². The number of anilines is 1. The molecule has 0 bridgehead atoms. The Bertz CT molecular complexity index is 891. The Kier molecular flexibility index (Phi) is 4.96. The van der Waals surface area contributed by atoms with Gasteiger partial charge in [0.15, 0.2) is 0 Å². The van der Waals surface area contributed by atoms with Gasteiger partial charge in [0.1, 0.15) is 12.1 Å². The maximum Gasteiger partial charge on any atom is 0.132 e. The van der Waals surface area contributed by atoms with Crippen LogP contribution in [-0.4, -0.2) is 50.6 Å². The standard InChI is InChI=1S/C23H33N7O/c1-23(7-8-23)31-17-3-4-19-18(13-17)22(28-27-19)20-14-21(25-15-24-20)29-11-5-16(6-12-29)30-10-2-9-26-30/h2,9-10,14-19,22,27-28H,3-8,11-13H2,1H3. The van der Waals surface area contributed by atoms with Crippen molar-refractivity contribution in [3.8, 4) is 0 Å². The van der Waals surface area contributed by atoms with Crippen molar-refractivity contribution in [2.45, 2.75) is 81.7 Å². The van der Waals surface area contributed by atoms with Gasteiger partial charge in [-0.05, 0) is 57.9 Å². The van der Waals surface area contributed by atoms with Crippen molar-refractivity contribution in [1.82, 2.24) is 30.6 Å². The second-order valence-corrected chi connectivity index (χ2v) is 10.0. The minimum atomic E-state index is 0.150. The molecule has 2 N–H and O–H groups in total. The van der Waals surface area contributed by atoms with Crippen LogP contribution in [0.1, 0.15) is 69.6 Å². The van der Waals surface area contributed by atoms with Crippen LogP contribution in [0.25, 0.3) is 0 Å². The summed E-state index contributed by atoms with van der Waals surface area (Å²) in [5.41, 5.74) is 8.33. The first-order chi connectivity index (χ1) is 15.2. The van der Waals surface area contributed by atoms with Crippen LogP contribution in [0.2, 0.25) is 0 Å². The highest BCUT2D eigenvalue weighted by Gasteiger charge is 2.46. The van der Waals surface area contributed by atoms with Crippen LogP contribution in [0.15, 0.2) is 30.9 Å². The van der Waals surface area contributed by atoms with Crippen LogP contribution in [0.3, 0.4) is 0 Å². The molecule has 4 unspecified atom stereocenters. The average molecular weight is 424 g/mol. The van der Waals surface area contributed by atoms with E-state index in [0.717, 1.165) is 56.7 Å². The maximum absolute atomic E-state index is 6.44. The fraction of sp³-hybridized carbons (Fsp3) is 0.696. The lowest BCUT2D eigenvalue weighted by atomic mass is 9.79. The van der Waals surface area contributed by atoms with E-state index in [0.29, 0.717) is 24.1 Å². The molecule has 2 aliphatic carbocycles. The van der Waals surface area contributed by atoms with Gasteiger partial charge in [-0.1, -0.05) is 0 Å². The van der Waals surface area contributed by atoms with Gasteiger partial charge in [-0.25, -0.2) is 15.4 Å². The first kappa shape index (κ1) is 19.6. The molecule has 4 heterocycles. The first-order valence-corrected chi connectivity index (χ1v) is 11.9.